The normalized spacial score (nSPS) is 10.1. The number of aromatic nitrogens is 1. The summed E-state index contributed by atoms with van der Waals surface area (Å²) >= 11 is 0. The average molecular weight is 217 g/mol. The first-order valence-corrected chi connectivity index (χ1v) is 4.74. The second kappa shape index (κ2) is 4.16. The highest BCUT2D eigenvalue weighted by atomic mass is 16.3. The smallest absolute Gasteiger partial charge is 0.287 e. The highest BCUT2D eigenvalue weighted by Gasteiger charge is 2.16. The van der Waals surface area contributed by atoms with E-state index in [0.717, 1.165) is 11.1 Å². The molecule has 1 aromatic carbocycles. The van der Waals surface area contributed by atoms with Crippen molar-refractivity contribution in [2.75, 3.05) is 0 Å². The molecule has 1 amide bonds. The molecular formula is C11H11N3O2. The van der Waals surface area contributed by atoms with Crippen LogP contribution in [0, 0.1) is 6.92 Å². The number of carbonyl (C=O) groups excluding carboxylic acids is 1. The van der Waals surface area contributed by atoms with Crippen LogP contribution in [0.3, 0.4) is 0 Å². The second-order valence-corrected chi connectivity index (χ2v) is 3.37. The third-order valence-corrected chi connectivity index (χ3v) is 2.23. The molecule has 1 aromatic heterocycles. The highest BCUT2D eigenvalue weighted by Crippen LogP contribution is 2.23. The lowest BCUT2D eigenvalue weighted by molar-refractivity contribution is 0.0949. The summed E-state index contributed by atoms with van der Waals surface area (Å²) < 4.78 is 5.19. The van der Waals surface area contributed by atoms with Crippen LogP contribution >= 0.6 is 0 Å². The Kier molecular flexibility index (Phi) is 2.70. The van der Waals surface area contributed by atoms with Gasteiger partial charge in [-0.2, -0.15) is 0 Å². The summed E-state index contributed by atoms with van der Waals surface area (Å²) in [6.45, 7) is 1.98. The summed E-state index contributed by atoms with van der Waals surface area (Å²) in [5.74, 6) is 5.00. The van der Waals surface area contributed by atoms with Crippen LogP contribution < -0.4 is 11.3 Å². The van der Waals surface area contributed by atoms with Gasteiger partial charge in [0.2, 0.25) is 0 Å². The summed E-state index contributed by atoms with van der Waals surface area (Å²) in [6, 6.07) is 7.59. The first-order chi connectivity index (χ1) is 7.72. The van der Waals surface area contributed by atoms with Gasteiger partial charge in [-0.25, -0.2) is 10.8 Å². The van der Waals surface area contributed by atoms with E-state index in [4.69, 9.17) is 10.3 Å². The van der Waals surface area contributed by atoms with Gasteiger partial charge in [0, 0.05) is 5.56 Å². The number of hydrogen-bond donors (Lipinski definition) is 2. The standard InChI is InChI=1S/C11H11N3O2/c1-7-2-4-8(5-3-7)10-9(11(15)14-12)13-6-16-10/h2-6H,12H2,1H3,(H,14,15). The SMILES string of the molecule is Cc1ccc(-c2ocnc2C(=O)NN)cc1. The van der Waals surface area contributed by atoms with Crippen LogP contribution in [-0.4, -0.2) is 10.9 Å². The van der Waals surface area contributed by atoms with Crippen molar-refractivity contribution in [2.24, 2.45) is 5.84 Å². The Hall–Kier alpha value is -2.14. The zero-order chi connectivity index (χ0) is 11.5. The van der Waals surface area contributed by atoms with E-state index >= 15 is 0 Å². The summed E-state index contributed by atoms with van der Waals surface area (Å²) in [5, 5.41) is 0. The van der Waals surface area contributed by atoms with Crippen molar-refractivity contribution in [3.05, 3.63) is 41.9 Å². The van der Waals surface area contributed by atoms with E-state index in [9.17, 15) is 4.79 Å². The van der Waals surface area contributed by atoms with Gasteiger partial charge < -0.3 is 4.42 Å². The largest absolute Gasteiger partial charge is 0.443 e. The molecule has 1 heterocycles. The Morgan fingerprint density at radius 1 is 1.38 bits per heavy atom. The van der Waals surface area contributed by atoms with Crippen LogP contribution in [0.15, 0.2) is 35.1 Å². The van der Waals surface area contributed by atoms with Gasteiger partial charge in [-0.1, -0.05) is 29.8 Å². The van der Waals surface area contributed by atoms with Crippen molar-refractivity contribution >= 4 is 5.91 Å². The quantitative estimate of drug-likeness (QED) is 0.450. The van der Waals surface area contributed by atoms with Crippen LogP contribution in [-0.2, 0) is 0 Å². The number of amides is 1. The Bertz CT molecular complexity index is 502. The van der Waals surface area contributed by atoms with Crippen LogP contribution in [0.4, 0.5) is 0 Å². The number of hydrazine groups is 1. The van der Waals surface area contributed by atoms with Gasteiger partial charge in [0.05, 0.1) is 0 Å². The summed E-state index contributed by atoms with van der Waals surface area (Å²) in [5.41, 5.74) is 4.14. The van der Waals surface area contributed by atoms with E-state index in [1.807, 2.05) is 36.6 Å². The topological polar surface area (TPSA) is 81.2 Å². The Labute approximate surface area is 92.3 Å². The number of nitrogens with one attached hydrogen (secondary N) is 1. The third-order valence-electron chi connectivity index (χ3n) is 2.23. The van der Waals surface area contributed by atoms with Crippen molar-refractivity contribution in [3.8, 4) is 11.3 Å². The number of rotatable bonds is 2. The summed E-state index contributed by atoms with van der Waals surface area (Å²) in [6.07, 6.45) is 1.22. The van der Waals surface area contributed by atoms with Gasteiger partial charge in [-0.3, -0.25) is 10.2 Å². The highest BCUT2D eigenvalue weighted by molar-refractivity contribution is 5.97. The van der Waals surface area contributed by atoms with Crippen molar-refractivity contribution in [3.63, 3.8) is 0 Å². The molecule has 0 radical (unpaired) electrons. The van der Waals surface area contributed by atoms with Crippen molar-refractivity contribution in [2.45, 2.75) is 6.92 Å². The molecule has 2 aromatic rings. The van der Waals surface area contributed by atoms with E-state index in [1.165, 1.54) is 6.39 Å². The molecule has 0 saturated carbocycles. The average Bonchev–Trinajstić information content (AvgIpc) is 2.78. The molecule has 82 valence electrons. The third kappa shape index (κ3) is 1.80. The Balaban J connectivity index is 2.44. The van der Waals surface area contributed by atoms with Crippen molar-refractivity contribution in [1.82, 2.24) is 10.4 Å². The maximum absolute atomic E-state index is 11.4. The molecule has 5 heteroatoms. The van der Waals surface area contributed by atoms with E-state index in [2.05, 4.69) is 4.98 Å². The fourth-order valence-electron chi connectivity index (χ4n) is 1.39. The molecule has 0 bridgehead atoms. The van der Waals surface area contributed by atoms with Crippen LogP contribution in [0.1, 0.15) is 16.1 Å². The first kappa shape index (κ1) is 10.4. The number of carbonyl (C=O) groups is 1. The van der Waals surface area contributed by atoms with Gasteiger partial charge in [-0.15, -0.1) is 0 Å². The van der Waals surface area contributed by atoms with Gasteiger partial charge >= 0.3 is 0 Å². The second-order valence-electron chi connectivity index (χ2n) is 3.37. The number of aryl methyl sites for hydroxylation is 1. The molecule has 16 heavy (non-hydrogen) atoms. The van der Waals surface area contributed by atoms with E-state index < -0.39 is 5.91 Å². The summed E-state index contributed by atoms with van der Waals surface area (Å²) in [4.78, 5) is 15.2. The number of benzene rings is 1. The molecule has 0 fully saturated rings. The molecule has 0 unspecified atom stereocenters. The number of hydrogen-bond acceptors (Lipinski definition) is 4. The Morgan fingerprint density at radius 2 is 2.06 bits per heavy atom. The van der Waals surface area contributed by atoms with E-state index in [1.54, 1.807) is 0 Å². The molecule has 0 saturated heterocycles. The molecule has 0 aliphatic carbocycles. The predicted octanol–water partition coefficient (Wildman–Crippen LogP) is 1.25. The van der Waals surface area contributed by atoms with Crippen molar-refractivity contribution in [1.29, 1.82) is 0 Å². The summed E-state index contributed by atoms with van der Waals surface area (Å²) in [7, 11) is 0. The van der Waals surface area contributed by atoms with Crippen LogP contribution in [0.5, 0.6) is 0 Å². The fraction of sp³-hybridized carbons (Fsp3) is 0.0909. The minimum atomic E-state index is -0.468. The number of nitrogens with two attached hydrogens (primary N) is 1. The molecule has 0 atom stereocenters. The van der Waals surface area contributed by atoms with Gasteiger partial charge in [0.25, 0.3) is 5.91 Å². The Morgan fingerprint density at radius 3 is 2.69 bits per heavy atom. The van der Waals surface area contributed by atoms with E-state index in [-0.39, 0.29) is 5.69 Å². The fourth-order valence-corrected chi connectivity index (χ4v) is 1.39. The van der Waals surface area contributed by atoms with Gasteiger partial charge in [0.15, 0.2) is 17.8 Å². The predicted molar refractivity (Wildman–Crippen MR) is 58.3 cm³/mol. The van der Waals surface area contributed by atoms with Crippen LogP contribution in [0.25, 0.3) is 11.3 Å². The minimum Gasteiger partial charge on any atom is -0.443 e. The molecule has 0 spiro atoms. The lowest BCUT2D eigenvalue weighted by Gasteiger charge is -2.00. The molecule has 0 aliphatic rings. The van der Waals surface area contributed by atoms with Crippen LogP contribution in [0.2, 0.25) is 0 Å². The van der Waals surface area contributed by atoms with E-state index in [0.29, 0.717) is 5.76 Å². The lowest BCUT2D eigenvalue weighted by Crippen LogP contribution is -2.30. The van der Waals surface area contributed by atoms with Gasteiger partial charge in [-0.05, 0) is 6.92 Å². The zero-order valence-corrected chi connectivity index (χ0v) is 8.73. The maximum atomic E-state index is 11.4. The number of nitrogen functional groups attached to an aromatic ring is 1. The van der Waals surface area contributed by atoms with Crippen molar-refractivity contribution < 1.29 is 9.21 Å². The number of oxazole rings is 1. The maximum Gasteiger partial charge on any atom is 0.287 e. The molecule has 2 rings (SSSR count). The first-order valence-electron chi connectivity index (χ1n) is 4.74. The minimum absolute atomic E-state index is 0.186. The number of nitrogens with zero attached hydrogens (tertiary/aromatic N) is 1. The van der Waals surface area contributed by atoms with Gasteiger partial charge in [0.1, 0.15) is 0 Å². The molecule has 5 nitrogen and oxygen atoms in total. The molecule has 3 N–H and O–H groups in total. The molecule has 0 aliphatic heterocycles. The zero-order valence-electron chi connectivity index (χ0n) is 8.73. The molecular weight excluding hydrogens is 206 g/mol. The monoisotopic (exact) mass is 217 g/mol. The lowest BCUT2D eigenvalue weighted by atomic mass is 10.1.